The van der Waals surface area contributed by atoms with Gasteiger partial charge in [-0.05, 0) is 54.1 Å². The van der Waals surface area contributed by atoms with Crippen LogP contribution in [0.4, 0.5) is 0 Å². The number of esters is 2. The second-order valence-corrected chi connectivity index (χ2v) is 11.0. The van der Waals surface area contributed by atoms with Crippen molar-refractivity contribution in [1.29, 1.82) is 0 Å². The third-order valence-electron chi connectivity index (χ3n) is 6.31. The van der Waals surface area contributed by atoms with Crippen LogP contribution in [0.2, 0.25) is 10.0 Å². The van der Waals surface area contributed by atoms with Gasteiger partial charge in [-0.15, -0.1) is 0 Å². The SMILES string of the molecule is COc1cc(C(=O)Oc2ccc(Br)cc2C=NNC(=O)c2[nH]c3c(Cl)cc(Cl)cc3c2-c2ccccc2)ccc1OC(C)=O. The van der Waals surface area contributed by atoms with Crippen molar-refractivity contribution in [2.45, 2.75) is 6.92 Å². The highest BCUT2D eigenvalue weighted by Crippen LogP contribution is 2.37. The van der Waals surface area contributed by atoms with E-state index in [1.165, 1.54) is 38.4 Å². The number of hydrazone groups is 1. The zero-order valence-electron chi connectivity index (χ0n) is 23.1. The van der Waals surface area contributed by atoms with Crippen molar-refractivity contribution < 1.29 is 28.6 Å². The average molecular weight is 695 g/mol. The summed E-state index contributed by atoms with van der Waals surface area (Å²) in [4.78, 5) is 40.8. The van der Waals surface area contributed by atoms with Crippen LogP contribution in [-0.2, 0) is 4.79 Å². The molecular formula is C32H22BrCl2N3O6. The van der Waals surface area contributed by atoms with E-state index in [0.29, 0.717) is 36.5 Å². The molecule has 0 radical (unpaired) electrons. The Morgan fingerprint density at radius 3 is 2.39 bits per heavy atom. The highest BCUT2D eigenvalue weighted by atomic mass is 79.9. The molecule has 5 rings (SSSR count). The number of fused-ring (bicyclic) bond motifs is 1. The molecule has 0 bridgehead atoms. The van der Waals surface area contributed by atoms with E-state index in [9.17, 15) is 14.4 Å². The largest absolute Gasteiger partial charge is 0.493 e. The Balaban J connectivity index is 1.40. The number of rotatable bonds is 8. The number of nitrogens with one attached hydrogen (secondary N) is 2. The van der Waals surface area contributed by atoms with Gasteiger partial charge in [0.25, 0.3) is 5.91 Å². The summed E-state index contributed by atoms with van der Waals surface area (Å²) in [6, 6.07) is 21.9. The van der Waals surface area contributed by atoms with Crippen LogP contribution >= 0.6 is 39.1 Å². The van der Waals surface area contributed by atoms with Gasteiger partial charge >= 0.3 is 11.9 Å². The van der Waals surface area contributed by atoms with Gasteiger partial charge in [0.15, 0.2) is 11.5 Å². The summed E-state index contributed by atoms with van der Waals surface area (Å²) in [6.45, 7) is 1.26. The molecule has 4 aromatic carbocycles. The van der Waals surface area contributed by atoms with Crippen LogP contribution < -0.4 is 19.6 Å². The molecule has 5 aromatic rings. The van der Waals surface area contributed by atoms with E-state index in [1.54, 1.807) is 30.3 Å². The van der Waals surface area contributed by atoms with Gasteiger partial charge in [0.05, 0.1) is 29.4 Å². The Labute approximate surface area is 269 Å². The number of carbonyl (C=O) groups excluding carboxylic acids is 3. The van der Waals surface area contributed by atoms with Gasteiger partial charge in [0, 0.05) is 32.9 Å². The van der Waals surface area contributed by atoms with Gasteiger partial charge in [0.1, 0.15) is 11.4 Å². The molecule has 0 aliphatic carbocycles. The maximum Gasteiger partial charge on any atom is 0.343 e. The number of methoxy groups -OCH3 is 1. The summed E-state index contributed by atoms with van der Waals surface area (Å²) in [5.74, 6) is -1.23. The zero-order valence-corrected chi connectivity index (χ0v) is 26.2. The van der Waals surface area contributed by atoms with Crippen LogP contribution in [0.25, 0.3) is 22.0 Å². The minimum Gasteiger partial charge on any atom is -0.493 e. The number of nitrogens with zero attached hydrogens (tertiary/aromatic N) is 1. The average Bonchev–Trinajstić information content (AvgIpc) is 3.38. The molecule has 0 saturated carbocycles. The number of ether oxygens (including phenoxy) is 3. The first-order chi connectivity index (χ1) is 21.1. The lowest BCUT2D eigenvalue weighted by atomic mass is 10.0. The van der Waals surface area contributed by atoms with Crippen molar-refractivity contribution >= 4 is 74.1 Å². The second-order valence-electron chi connectivity index (χ2n) is 9.28. The zero-order chi connectivity index (χ0) is 31.4. The summed E-state index contributed by atoms with van der Waals surface area (Å²) in [6.07, 6.45) is 1.35. The first kappa shape index (κ1) is 30.8. The number of amides is 1. The Morgan fingerprint density at radius 2 is 1.66 bits per heavy atom. The van der Waals surface area contributed by atoms with Crippen molar-refractivity contribution in [1.82, 2.24) is 10.4 Å². The lowest BCUT2D eigenvalue weighted by Crippen LogP contribution is -2.19. The molecule has 2 N–H and O–H groups in total. The molecule has 0 atom stereocenters. The van der Waals surface area contributed by atoms with Gasteiger partial charge in [-0.2, -0.15) is 5.10 Å². The van der Waals surface area contributed by atoms with E-state index in [0.717, 1.165) is 5.56 Å². The second kappa shape index (κ2) is 13.3. The number of H-pyrrole nitrogens is 1. The van der Waals surface area contributed by atoms with Crippen LogP contribution in [0.15, 0.2) is 88.4 Å². The minimum absolute atomic E-state index is 0.155. The molecule has 0 aliphatic rings. The molecule has 12 heteroatoms. The highest BCUT2D eigenvalue weighted by Gasteiger charge is 2.21. The highest BCUT2D eigenvalue weighted by molar-refractivity contribution is 9.10. The lowest BCUT2D eigenvalue weighted by Gasteiger charge is -2.11. The molecule has 1 aromatic heterocycles. The summed E-state index contributed by atoms with van der Waals surface area (Å²) in [5.41, 5.74) is 5.27. The molecule has 44 heavy (non-hydrogen) atoms. The van der Waals surface area contributed by atoms with Crippen molar-refractivity contribution in [3.8, 4) is 28.4 Å². The van der Waals surface area contributed by atoms with Gasteiger partial charge in [0.2, 0.25) is 0 Å². The Hall–Kier alpha value is -4.64. The van der Waals surface area contributed by atoms with E-state index < -0.39 is 17.8 Å². The molecule has 1 heterocycles. The first-order valence-corrected chi connectivity index (χ1v) is 14.5. The molecular weight excluding hydrogens is 673 g/mol. The third kappa shape index (κ3) is 6.78. The van der Waals surface area contributed by atoms with Crippen molar-refractivity contribution in [2.24, 2.45) is 5.10 Å². The molecule has 0 saturated heterocycles. The van der Waals surface area contributed by atoms with Crippen LogP contribution in [-0.4, -0.2) is 36.2 Å². The monoisotopic (exact) mass is 693 g/mol. The molecule has 0 aliphatic heterocycles. The van der Waals surface area contributed by atoms with Crippen LogP contribution in [0.5, 0.6) is 17.2 Å². The number of halogens is 3. The summed E-state index contributed by atoms with van der Waals surface area (Å²) in [7, 11) is 1.39. The summed E-state index contributed by atoms with van der Waals surface area (Å²) in [5, 5.41) is 5.61. The van der Waals surface area contributed by atoms with Crippen LogP contribution in [0.3, 0.4) is 0 Å². The van der Waals surface area contributed by atoms with Crippen molar-refractivity contribution in [3.63, 3.8) is 0 Å². The summed E-state index contributed by atoms with van der Waals surface area (Å²) >= 11 is 16.1. The molecule has 222 valence electrons. The Bertz CT molecular complexity index is 1940. The van der Waals surface area contributed by atoms with Crippen molar-refractivity contribution in [2.75, 3.05) is 7.11 Å². The summed E-state index contributed by atoms with van der Waals surface area (Å²) < 4.78 is 16.6. The molecule has 0 fully saturated rings. The minimum atomic E-state index is -0.695. The topological polar surface area (TPSA) is 119 Å². The van der Waals surface area contributed by atoms with Gasteiger partial charge < -0.3 is 19.2 Å². The van der Waals surface area contributed by atoms with Gasteiger partial charge in [-0.25, -0.2) is 10.2 Å². The van der Waals surface area contributed by atoms with Crippen molar-refractivity contribution in [3.05, 3.63) is 110 Å². The number of hydrogen-bond acceptors (Lipinski definition) is 7. The van der Waals surface area contributed by atoms with E-state index in [4.69, 9.17) is 37.4 Å². The predicted molar refractivity (Wildman–Crippen MR) is 172 cm³/mol. The smallest absolute Gasteiger partial charge is 0.343 e. The quantitative estimate of drug-likeness (QED) is 0.0740. The number of aromatic nitrogens is 1. The molecule has 0 unspecified atom stereocenters. The van der Waals surface area contributed by atoms with Crippen LogP contribution in [0.1, 0.15) is 33.3 Å². The van der Waals surface area contributed by atoms with E-state index in [-0.39, 0.29) is 28.5 Å². The van der Waals surface area contributed by atoms with Gasteiger partial charge in [-0.3, -0.25) is 9.59 Å². The Kier molecular flexibility index (Phi) is 9.34. The predicted octanol–water partition coefficient (Wildman–Crippen LogP) is 7.82. The normalized spacial score (nSPS) is 11.0. The maximum atomic E-state index is 13.4. The van der Waals surface area contributed by atoms with Crippen LogP contribution in [0, 0.1) is 0 Å². The maximum absolute atomic E-state index is 13.4. The molecule has 9 nitrogen and oxygen atoms in total. The lowest BCUT2D eigenvalue weighted by molar-refractivity contribution is -0.132. The fourth-order valence-electron chi connectivity index (χ4n) is 4.42. The number of benzene rings is 4. The third-order valence-corrected chi connectivity index (χ3v) is 7.32. The fourth-order valence-corrected chi connectivity index (χ4v) is 5.34. The first-order valence-electron chi connectivity index (χ1n) is 12.9. The van der Waals surface area contributed by atoms with E-state index in [2.05, 4.69) is 31.4 Å². The number of hydrogen-bond donors (Lipinski definition) is 2. The van der Waals surface area contributed by atoms with E-state index >= 15 is 0 Å². The van der Waals surface area contributed by atoms with E-state index in [1.807, 2.05) is 30.3 Å². The Morgan fingerprint density at radius 1 is 0.909 bits per heavy atom. The molecule has 1 amide bonds. The van der Waals surface area contributed by atoms with Gasteiger partial charge in [-0.1, -0.05) is 69.5 Å². The fraction of sp³-hybridized carbons (Fsp3) is 0.0625. The number of carbonyl (C=O) groups is 3. The standard InChI is InChI=1S/C32H22BrCl2N3O6/c1-17(39)43-26-10-8-19(13-27(26)42-2)32(41)44-25-11-9-21(33)12-20(25)16-36-38-31(40)30-28(18-6-4-3-5-7-18)23-14-22(34)15-24(35)29(23)37-30/h3-16,37H,1-2H3,(H,38,40). The number of aromatic amines is 1. The molecule has 0 spiro atoms.